The van der Waals surface area contributed by atoms with Gasteiger partial charge in [0.15, 0.2) is 5.96 Å². The van der Waals surface area contributed by atoms with E-state index in [0.29, 0.717) is 37.8 Å². The summed E-state index contributed by atoms with van der Waals surface area (Å²) in [5, 5.41) is 6.46. The highest BCUT2D eigenvalue weighted by Gasteiger charge is 2.05. The number of rotatable bonds is 9. The van der Waals surface area contributed by atoms with Gasteiger partial charge in [0, 0.05) is 18.7 Å². The molecular weight excluding hydrogens is 470 g/mol. The fourth-order valence-electron chi connectivity index (χ4n) is 2.56. The summed E-state index contributed by atoms with van der Waals surface area (Å²) in [7, 11) is 3.85. The first kappa shape index (κ1) is 24.2. The van der Waals surface area contributed by atoms with E-state index in [2.05, 4.69) is 15.6 Å². The maximum Gasteiger partial charge on any atom is 0.191 e. The smallest absolute Gasteiger partial charge is 0.191 e. The molecule has 0 aliphatic rings. The number of para-hydroxylation sites is 1. The molecule has 0 radical (unpaired) electrons. The van der Waals surface area contributed by atoms with E-state index >= 15 is 0 Å². The second-order valence-electron chi connectivity index (χ2n) is 6.45. The molecule has 2 aromatic rings. The zero-order valence-corrected chi connectivity index (χ0v) is 19.1. The normalized spacial score (nSPS) is 11.1. The predicted molar refractivity (Wildman–Crippen MR) is 124 cm³/mol. The van der Waals surface area contributed by atoms with E-state index in [1.54, 1.807) is 6.07 Å². The summed E-state index contributed by atoms with van der Waals surface area (Å²) < 4.78 is 19.6. The minimum atomic E-state index is -0.181. The number of aliphatic imine (C=N–C) groups is 1. The second kappa shape index (κ2) is 13.3. The molecule has 7 heteroatoms. The summed E-state index contributed by atoms with van der Waals surface area (Å²) in [5.74, 6) is 1.38. The Labute approximate surface area is 184 Å². The molecule has 2 aromatic carbocycles. The molecule has 0 bridgehead atoms. The highest BCUT2D eigenvalue weighted by molar-refractivity contribution is 14.0. The van der Waals surface area contributed by atoms with Gasteiger partial charge in [0.1, 0.15) is 18.2 Å². The Kier molecular flexibility index (Phi) is 11.5. The zero-order valence-electron chi connectivity index (χ0n) is 16.7. The molecule has 2 rings (SSSR count). The van der Waals surface area contributed by atoms with Crippen LogP contribution in [0.2, 0.25) is 0 Å². The molecule has 0 heterocycles. The molecule has 0 amide bonds. The lowest BCUT2D eigenvalue weighted by Gasteiger charge is -2.13. The van der Waals surface area contributed by atoms with Crippen molar-refractivity contribution < 1.29 is 9.13 Å². The highest BCUT2D eigenvalue weighted by atomic mass is 127. The van der Waals surface area contributed by atoms with Crippen LogP contribution in [-0.4, -0.2) is 44.7 Å². The average Bonchev–Trinajstić information content (AvgIpc) is 2.66. The van der Waals surface area contributed by atoms with Crippen LogP contribution in [0.5, 0.6) is 5.75 Å². The third-order valence-corrected chi connectivity index (χ3v) is 3.77. The SMILES string of the molecule is CCNC(=NCc1ccc(F)c(CN(C)C)c1)NCCOc1ccccc1.I. The second-order valence-corrected chi connectivity index (χ2v) is 6.45. The van der Waals surface area contributed by atoms with Crippen LogP contribution < -0.4 is 15.4 Å². The van der Waals surface area contributed by atoms with Crippen LogP contribution >= 0.6 is 24.0 Å². The van der Waals surface area contributed by atoms with E-state index in [-0.39, 0.29) is 29.8 Å². The maximum atomic E-state index is 13.9. The minimum absolute atomic E-state index is 0. The Morgan fingerprint density at radius 3 is 2.54 bits per heavy atom. The van der Waals surface area contributed by atoms with Crippen LogP contribution in [0.1, 0.15) is 18.1 Å². The number of halogens is 2. The number of guanidine groups is 1. The molecule has 0 saturated heterocycles. The number of nitrogens with zero attached hydrogens (tertiary/aromatic N) is 2. The standard InChI is InChI=1S/C21H29FN4O.HI/c1-4-23-21(24-12-13-27-19-8-6-5-7-9-19)25-15-17-10-11-20(22)18(14-17)16-26(2)3;/h5-11,14H,4,12-13,15-16H2,1-3H3,(H2,23,24,25);1H. The van der Waals surface area contributed by atoms with Crippen LogP contribution in [-0.2, 0) is 13.1 Å². The van der Waals surface area contributed by atoms with E-state index in [1.807, 2.05) is 62.3 Å². The van der Waals surface area contributed by atoms with Gasteiger partial charge in [0.2, 0.25) is 0 Å². The van der Waals surface area contributed by atoms with Crippen molar-refractivity contribution in [2.24, 2.45) is 4.99 Å². The van der Waals surface area contributed by atoms with Gasteiger partial charge in [-0.1, -0.05) is 24.3 Å². The predicted octanol–water partition coefficient (Wildman–Crippen LogP) is 3.64. The number of ether oxygens (including phenoxy) is 1. The maximum absolute atomic E-state index is 13.9. The zero-order chi connectivity index (χ0) is 19.5. The van der Waals surface area contributed by atoms with Crippen LogP contribution in [0.15, 0.2) is 53.5 Å². The first-order valence-corrected chi connectivity index (χ1v) is 9.20. The van der Waals surface area contributed by atoms with Crippen LogP contribution in [0.3, 0.4) is 0 Å². The van der Waals surface area contributed by atoms with Gasteiger partial charge in [-0.15, -0.1) is 24.0 Å². The Balaban J connectivity index is 0.00000392. The van der Waals surface area contributed by atoms with Crippen molar-refractivity contribution in [1.82, 2.24) is 15.5 Å². The molecule has 0 atom stereocenters. The molecule has 0 aromatic heterocycles. The van der Waals surface area contributed by atoms with E-state index in [9.17, 15) is 4.39 Å². The molecule has 0 aliphatic heterocycles. The summed E-state index contributed by atoms with van der Waals surface area (Å²) in [5.41, 5.74) is 1.66. The summed E-state index contributed by atoms with van der Waals surface area (Å²) in [6.45, 7) is 5.01. The van der Waals surface area contributed by atoms with E-state index in [0.717, 1.165) is 17.9 Å². The third kappa shape index (κ3) is 8.88. The molecule has 154 valence electrons. The molecule has 0 spiro atoms. The lowest BCUT2D eigenvalue weighted by molar-refractivity contribution is 0.322. The monoisotopic (exact) mass is 500 g/mol. The van der Waals surface area contributed by atoms with Crippen molar-refractivity contribution in [3.05, 3.63) is 65.5 Å². The van der Waals surface area contributed by atoms with Crippen LogP contribution in [0.4, 0.5) is 4.39 Å². The molecule has 0 fully saturated rings. The van der Waals surface area contributed by atoms with Crippen molar-refractivity contribution in [2.45, 2.75) is 20.0 Å². The Hall–Kier alpha value is -1.87. The first-order valence-electron chi connectivity index (χ1n) is 9.20. The molecule has 0 aliphatic carbocycles. The third-order valence-electron chi connectivity index (χ3n) is 3.77. The van der Waals surface area contributed by atoms with Gasteiger partial charge in [-0.2, -0.15) is 0 Å². The summed E-state index contributed by atoms with van der Waals surface area (Å²) >= 11 is 0. The number of benzene rings is 2. The van der Waals surface area contributed by atoms with Crippen molar-refractivity contribution in [3.63, 3.8) is 0 Å². The van der Waals surface area contributed by atoms with Gasteiger partial charge in [0.25, 0.3) is 0 Å². The quantitative estimate of drug-likeness (QED) is 0.239. The Morgan fingerprint density at radius 1 is 1.11 bits per heavy atom. The van der Waals surface area contributed by atoms with Gasteiger partial charge in [-0.3, -0.25) is 0 Å². The van der Waals surface area contributed by atoms with Crippen molar-refractivity contribution in [3.8, 4) is 5.75 Å². The van der Waals surface area contributed by atoms with E-state index in [4.69, 9.17) is 4.74 Å². The van der Waals surface area contributed by atoms with Crippen molar-refractivity contribution >= 4 is 29.9 Å². The van der Waals surface area contributed by atoms with Gasteiger partial charge in [0.05, 0.1) is 13.1 Å². The Bertz CT molecular complexity index is 726. The van der Waals surface area contributed by atoms with Crippen molar-refractivity contribution in [1.29, 1.82) is 0 Å². The lowest BCUT2D eigenvalue weighted by atomic mass is 10.1. The average molecular weight is 500 g/mol. The highest BCUT2D eigenvalue weighted by Crippen LogP contribution is 2.13. The van der Waals surface area contributed by atoms with Gasteiger partial charge in [-0.25, -0.2) is 9.38 Å². The molecule has 28 heavy (non-hydrogen) atoms. The van der Waals surface area contributed by atoms with E-state index in [1.165, 1.54) is 6.07 Å². The fourth-order valence-corrected chi connectivity index (χ4v) is 2.56. The minimum Gasteiger partial charge on any atom is -0.492 e. The molecule has 5 nitrogen and oxygen atoms in total. The molecule has 0 saturated carbocycles. The Morgan fingerprint density at radius 2 is 1.86 bits per heavy atom. The van der Waals surface area contributed by atoms with Gasteiger partial charge in [-0.05, 0) is 50.8 Å². The fraction of sp³-hybridized carbons (Fsp3) is 0.381. The van der Waals surface area contributed by atoms with Crippen LogP contribution in [0.25, 0.3) is 0 Å². The number of hydrogen-bond acceptors (Lipinski definition) is 3. The van der Waals surface area contributed by atoms with Gasteiger partial charge >= 0.3 is 0 Å². The largest absolute Gasteiger partial charge is 0.492 e. The topological polar surface area (TPSA) is 48.9 Å². The van der Waals surface area contributed by atoms with Crippen molar-refractivity contribution in [2.75, 3.05) is 33.8 Å². The van der Waals surface area contributed by atoms with Crippen LogP contribution in [0, 0.1) is 5.82 Å². The van der Waals surface area contributed by atoms with Gasteiger partial charge < -0.3 is 20.3 Å². The number of hydrogen-bond donors (Lipinski definition) is 2. The summed E-state index contributed by atoms with van der Waals surface area (Å²) in [6, 6.07) is 14.9. The lowest BCUT2D eigenvalue weighted by Crippen LogP contribution is -2.39. The summed E-state index contributed by atoms with van der Waals surface area (Å²) in [4.78, 5) is 6.53. The number of nitrogens with one attached hydrogen (secondary N) is 2. The molecule has 0 unspecified atom stereocenters. The van der Waals surface area contributed by atoms with E-state index < -0.39 is 0 Å². The first-order chi connectivity index (χ1) is 13.1. The molecule has 2 N–H and O–H groups in total. The molecular formula is C21H30FIN4O. The summed E-state index contributed by atoms with van der Waals surface area (Å²) in [6.07, 6.45) is 0.